The predicted octanol–water partition coefficient (Wildman–Crippen LogP) is 1.54. The van der Waals surface area contributed by atoms with Crippen molar-refractivity contribution in [2.45, 2.75) is 25.8 Å². The van der Waals surface area contributed by atoms with Gasteiger partial charge in [-0.25, -0.2) is 4.39 Å². The molecule has 5 heteroatoms. The molecule has 0 bridgehead atoms. The Bertz CT molecular complexity index is 486. The molecule has 1 aliphatic carbocycles. The maximum Gasteiger partial charge on any atom is 0.254 e. The molecule has 1 aromatic carbocycles. The first-order chi connectivity index (χ1) is 8.99. The molecule has 0 unspecified atom stereocenters. The second kappa shape index (κ2) is 5.57. The summed E-state index contributed by atoms with van der Waals surface area (Å²) >= 11 is 0. The van der Waals surface area contributed by atoms with Crippen LogP contribution in [-0.4, -0.2) is 37.0 Å². The summed E-state index contributed by atoms with van der Waals surface area (Å²) in [6, 6.07) is 3.55. The molecular weight excluding hydrogens is 245 g/mol. The molecule has 1 aliphatic rings. The van der Waals surface area contributed by atoms with Crippen LogP contribution in [0.5, 0.6) is 0 Å². The number of likely N-dealkylation sites (N-methyl/N-ethyl adjacent to an activating group) is 1. The molecule has 1 saturated carbocycles. The van der Waals surface area contributed by atoms with Gasteiger partial charge >= 0.3 is 0 Å². The zero-order valence-electron chi connectivity index (χ0n) is 11.4. The maximum atomic E-state index is 13.8. The van der Waals surface area contributed by atoms with Crippen LogP contribution in [0.1, 0.15) is 28.8 Å². The second-order valence-corrected chi connectivity index (χ2v) is 5.17. The summed E-state index contributed by atoms with van der Waals surface area (Å²) in [4.78, 5) is 14.1. The Labute approximate surface area is 112 Å². The highest BCUT2D eigenvalue weighted by Crippen LogP contribution is 2.24. The van der Waals surface area contributed by atoms with Crippen molar-refractivity contribution in [1.82, 2.24) is 10.2 Å². The third-order valence-electron chi connectivity index (χ3n) is 3.44. The second-order valence-electron chi connectivity index (χ2n) is 5.17. The standard InChI is InChI=1S/C14H20FN3O/c1-9-7-10(16)8-12(13(9)15)14(19)17-5-6-18(2)11-3-4-11/h7-8,11H,3-6,16H2,1-2H3,(H,17,19). The number of rotatable bonds is 5. The first-order valence-electron chi connectivity index (χ1n) is 6.53. The molecule has 104 valence electrons. The third-order valence-corrected chi connectivity index (χ3v) is 3.44. The molecule has 2 rings (SSSR count). The lowest BCUT2D eigenvalue weighted by atomic mass is 10.1. The number of nitrogens with zero attached hydrogens (tertiary/aromatic N) is 1. The van der Waals surface area contributed by atoms with Gasteiger partial charge < -0.3 is 16.0 Å². The zero-order chi connectivity index (χ0) is 14.0. The predicted molar refractivity (Wildman–Crippen MR) is 73.5 cm³/mol. The Morgan fingerprint density at radius 2 is 2.21 bits per heavy atom. The highest BCUT2D eigenvalue weighted by atomic mass is 19.1. The Hall–Kier alpha value is -1.62. The highest BCUT2D eigenvalue weighted by molar-refractivity contribution is 5.95. The molecule has 1 aromatic rings. The minimum atomic E-state index is -0.498. The fraction of sp³-hybridized carbons (Fsp3) is 0.500. The van der Waals surface area contributed by atoms with Gasteiger partial charge in [0.2, 0.25) is 0 Å². The van der Waals surface area contributed by atoms with Crippen LogP contribution in [-0.2, 0) is 0 Å². The topological polar surface area (TPSA) is 58.4 Å². The van der Waals surface area contributed by atoms with E-state index in [1.165, 1.54) is 25.0 Å². The van der Waals surface area contributed by atoms with Crippen LogP contribution in [0.25, 0.3) is 0 Å². The van der Waals surface area contributed by atoms with Crippen molar-refractivity contribution < 1.29 is 9.18 Å². The largest absolute Gasteiger partial charge is 0.399 e. The van der Waals surface area contributed by atoms with E-state index in [-0.39, 0.29) is 5.56 Å². The fourth-order valence-corrected chi connectivity index (χ4v) is 2.10. The highest BCUT2D eigenvalue weighted by Gasteiger charge is 2.25. The molecule has 0 aromatic heterocycles. The van der Waals surface area contributed by atoms with Gasteiger partial charge in [0.15, 0.2) is 0 Å². The lowest BCUT2D eigenvalue weighted by molar-refractivity contribution is 0.0945. The fourth-order valence-electron chi connectivity index (χ4n) is 2.10. The molecule has 0 radical (unpaired) electrons. The number of aryl methyl sites for hydroxylation is 1. The van der Waals surface area contributed by atoms with Gasteiger partial charge in [-0.15, -0.1) is 0 Å². The Kier molecular flexibility index (Phi) is 4.04. The number of nitrogens with one attached hydrogen (secondary N) is 1. The van der Waals surface area contributed by atoms with Gasteiger partial charge in [0, 0.05) is 24.8 Å². The number of nitrogen functional groups attached to an aromatic ring is 1. The summed E-state index contributed by atoms with van der Waals surface area (Å²) in [7, 11) is 2.04. The van der Waals surface area contributed by atoms with E-state index >= 15 is 0 Å². The van der Waals surface area contributed by atoms with Crippen LogP contribution in [0, 0.1) is 12.7 Å². The minimum absolute atomic E-state index is 0.0200. The van der Waals surface area contributed by atoms with Crippen molar-refractivity contribution in [3.63, 3.8) is 0 Å². The molecule has 0 heterocycles. The Morgan fingerprint density at radius 1 is 1.53 bits per heavy atom. The molecule has 1 amide bonds. The number of amides is 1. The number of benzene rings is 1. The van der Waals surface area contributed by atoms with E-state index in [4.69, 9.17) is 5.73 Å². The van der Waals surface area contributed by atoms with E-state index in [0.717, 1.165) is 6.54 Å². The van der Waals surface area contributed by atoms with E-state index in [1.54, 1.807) is 6.92 Å². The summed E-state index contributed by atoms with van der Waals surface area (Å²) in [6.07, 6.45) is 2.46. The van der Waals surface area contributed by atoms with Crippen LogP contribution < -0.4 is 11.1 Å². The van der Waals surface area contributed by atoms with Crippen LogP contribution in [0.4, 0.5) is 10.1 Å². The van der Waals surface area contributed by atoms with E-state index in [0.29, 0.717) is 23.8 Å². The Balaban J connectivity index is 1.92. The number of anilines is 1. The number of hydrogen-bond acceptors (Lipinski definition) is 3. The normalized spacial score (nSPS) is 14.7. The zero-order valence-corrected chi connectivity index (χ0v) is 11.4. The number of halogens is 1. The quantitative estimate of drug-likeness (QED) is 0.794. The Morgan fingerprint density at radius 3 is 2.84 bits per heavy atom. The summed E-state index contributed by atoms with van der Waals surface area (Å²) in [5.74, 6) is -0.903. The van der Waals surface area contributed by atoms with Crippen molar-refractivity contribution in [2.75, 3.05) is 25.9 Å². The molecule has 4 nitrogen and oxygen atoms in total. The van der Waals surface area contributed by atoms with Gasteiger partial charge in [0.1, 0.15) is 5.82 Å². The first-order valence-corrected chi connectivity index (χ1v) is 6.53. The number of nitrogens with two attached hydrogens (primary N) is 1. The molecule has 0 aliphatic heterocycles. The van der Waals surface area contributed by atoms with Crippen LogP contribution in [0.2, 0.25) is 0 Å². The van der Waals surface area contributed by atoms with Gasteiger partial charge in [-0.1, -0.05) is 0 Å². The summed E-state index contributed by atoms with van der Waals surface area (Å²) in [6.45, 7) is 2.89. The number of carbonyl (C=O) groups excluding carboxylic acids is 1. The average Bonchev–Trinajstić information content (AvgIpc) is 3.17. The van der Waals surface area contributed by atoms with Gasteiger partial charge in [-0.3, -0.25) is 4.79 Å². The summed E-state index contributed by atoms with van der Waals surface area (Å²) < 4.78 is 13.8. The van der Waals surface area contributed by atoms with Crippen molar-refractivity contribution in [3.05, 3.63) is 29.1 Å². The number of carbonyl (C=O) groups is 1. The van der Waals surface area contributed by atoms with Gasteiger partial charge in [-0.2, -0.15) is 0 Å². The van der Waals surface area contributed by atoms with Gasteiger partial charge in [0.05, 0.1) is 5.56 Å². The molecule has 1 fully saturated rings. The monoisotopic (exact) mass is 265 g/mol. The SMILES string of the molecule is Cc1cc(N)cc(C(=O)NCCN(C)C2CC2)c1F. The summed E-state index contributed by atoms with van der Waals surface area (Å²) in [5.41, 5.74) is 6.45. The lowest BCUT2D eigenvalue weighted by Crippen LogP contribution is -2.34. The van der Waals surface area contributed by atoms with Crippen molar-refractivity contribution in [2.24, 2.45) is 0 Å². The average molecular weight is 265 g/mol. The summed E-state index contributed by atoms with van der Waals surface area (Å²) in [5, 5.41) is 2.73. The third kappa shape index (κ3) is 3.44. The van der Waals surface area contributed by atoms with Crippen molar-refractivity contribution in [3.8, 4) is 0 Å². The minimum Gasteiger partial charge on any atom is -0.399 e. The maximum absolute atomic E-state index is 13.8. The smallest absolute Gasteiger partial charge is 0.254 e. The van der Waals surface area contributed by atoms with Crippen LogP contribution >= 0.6 is 0 Å². The molecule has 0 saturated heterocycles. The molecule has 0 atom stereocenters. The van der Waals surface area contributed by atoms with E-state index in [9.17, 15) is 9.18 Å². The first kappa shape index (κ1) is 13.8. The van der Waals surface area contributed by atoms with Crippen molar-refractivity contribution >= 4 is 11.6 Å². The molecule has 3 N–H and O–H groups in total. The van der Waals surface area contributed by atoms with Gasteiger partial charge in [0.25, 0.3) is 5.91 Å². The van der Waals surface area contributed by atoms with Crippen molar-refractivity contribution in [1.29, 1.82) is 0 Å². The molecule has 0 spiro atoms. The lowest BCUT2D eigenvalue weighted by Gasteiger charge is -2.16. The van der Waals surface area contributed by atoms with E-state index < -0.39 is 11.7 Å². The number of hydrogen-bond donors (Lipinski definition) is 2. The van der Waals surface area contributed by atoms with Crippen LogP contribution in [0.3, 0.4) is 0 Å². The van der Waals surface area contributed by atoms with Crippen LogP contribution in [0.15, 0.2) is 12.1 Å². The van der Waals surface area contributed by atoms with E-state index in [2.05, 4.69) is 10.2 Å². The van der Waals surface area contributed by atoms with E-state index in [1.807, 2.05) is 7.05 Å². The van der Waals surface area contributed by atoms with Gasteiger partial charge in [-0.05, 0) is 44.5 Å². The molecular formula is C14H20FN3O. The molecule has 19 heavy (non-hydrogen) atoms.